The molecule has 0 aliphatic carbocycles. The van der Waals surface area contributed by atoms with Crippen LogP contribution in [0.1, 0.15) is 21.5 Å². The normalized spacial score (nSPS) is 11.6. The van der Waals surface area contributed by atoms with Gasteiger partial charge >= 0.3 is 0 Å². The van der Waals surface area contributed by atoms with E-state index in [1.54, 1.807) is 19.1 Å². The summed E-state index contributed by atoms with van der Waals surface area (Å²) in [5.41, 5.74) is 1.27. The molecule has 1 N–H and O–H groups in total. The number of carbonyl (C=O) groups excluding carboxylic acids is 1. The van der Waals surface area contributed by atoms with Gasteiger partial charge in [0.25, 0.3) is 5.91 Å². The molecule has 25 heavy (non-hydrogen) atoms. The smallest absolute Gasteiger partial charge is 0.251 e. The van der Waals surface area contributed by atoms with Gasteiger partial charge in [-0.2, -0.15) is 0 Å². The van der Waals surface area contributed by atoms with E-state index in [4.69, 9.17) is 11.6 Å². The predicted molar refractivity (Wildman–Crippen MR) is 94.6 cm³/mol. The Kier molecular flexibility index (Phi) is 5.82. The van der Waals surface area contributed by atoms with Crippen molar-refractivity contribution in [3.8, 4) is 0 Å². The third-order valence-electron chi connectivity index (χ3n) is 3.64. The van der Waals surface area contributed by atoms with E-state index in [1.165, 1.54) is 38.4 Å². The van der Waals surface area contributed by atoms with Crippen LogP contribution in [0.3, 0.4) is 0 Å². The highest BCUT2D eigenvalue weighted by molar-refractivity contribution is 7.89. The minimum absolute atomic E-state index is 0.0332. The van der Waals surface area contributed by atoms with Gasteiger partial charge in [0.15, 0.2) is 0 Å². The van der Waals surface area contributed by atoms with Crippen molar-refractivity contribution < 1.29 is 17.6 Å². The first kappa shape index (κ1) is 19.4. The van der Waals surface area contributed by atoms with E-state index < -0.39 is 15.9 Å². The molecule has 134 valence electrons. The van der Waals surface area contributed by atoms with Gasteiger partial charge in [-0.05, 0) is 42.3 Å². The maximum Gasteiger partial charge on any atom is 0.251 e. The van der Waals surface area contributed by atoms with Crippen LogP contribution >= 0.6 is 11.6 Å². The standard InChI is InChI=1S/C17H18ClFN2O3S/c1-11-4-5-12(8-15(11)19)10-20-17(22)13-6-7-14(18)16(9-13)25(23,24)21(2)3/h4-9H,10H2,1-3H3,(H,20,22). The second-order valence-corrected chi connectivity index (χ2v) is 8.23. The average molecular weight is 385 g/mol. The number of amides is 1. The predicted octanol–water partition coefficient (Wildman–Crippen LogP) is 2.97. The molecule has 0 heterocycles. The molecule has 0 aliphatic heterocycles. The Bertz CT molecular complexity index is 914. The lowest BCUT2D eigenvalue weighted by molar-refractivity contribution is 0.0950. The Morgan fingerprint density at radius 3 is 2.48 bits per heavy atom. The van der Waals surface area contributed by atoms with Gasteiger partial charge in [-0.25, -0.2) is 17.1 Å². The first-order valence-electron chi connectivity index (χ1n) is 7.38. The van der Waals surface area contributed by atoms with Crippen molar-refractivity contribution in [1.82, 2.24) is 9.62 Å². The fourth-order valence-electron chi connectivity index (χ4n) is 2.07. The largest absolute Gasteiger partial charge is 0.348 e. The van der Waals surface area contributed by atoms with Crippen molar-refractivity contribution in [2.45, 2.75) is 18.4 Å². The van der Waals surface area contributed by atoms with Crippen LogP contribution in [0.15, 0.2) is 41.3 Å². The highest BCUT2D eigenvalue weighted by atomic mass is 35.5. The number of benzene rings is 2. The minimum atomic E-state index is -3.77. The molecule has 2 rings (SSSR count). The van der Waals surface area contributed by atoms with Crippen LogP contribution in [-0.2, 0) is 16.6 Å². The summed E-state index contributed by atoms with van der Waals surface area (Å²) in [5.74, 6) is -0.828. The summed E-state index contributed by atoms with van der Waals surface area (Å²) in [6.07, 6.45) is 0. The van der Waals surface area contributed by atoms with E-state index >= 15 is 0 Å². The van der Waals surface area contributed by atoms with Crippen molar-refractivity contribution in [3.05, 3.63) is 63.9 Å². The van der Waals surface area contributed by atoms with Gasteiger partial charge in [0.2, 0.25) is 10.0 Å². The number of hydrogen-bond donors (Lipinski definition) is 1. The molecule has 1 amide bonds. The Morgan fingerprint density at radius 2 is 1.88 bits per heavy atom. The van der Waals surface area contributed by atoms with E-state index in [1.807, 2.05) is 0 Å². The average Bonchev–Trinajstić information content (AvgIpc) is 2.55. The zero-order valence-corrected chi connectivity index (χ0v) is 15.6. The zero-order valence-electron chi connectivity index (χ0n) is 14.0. The van der Waals surface area contributed by atoms with Crippen molar-refractivity contribution in [2.75, 3.05) is 14.1 Å². The molecule has 2 aromatic rings. The molecule has 8 heteroatoms. The quantitative estimate of drug-likeness (QED) is 0.861. The number of aryl methyl sites for hydroxylation is 1. The fraction of sp³-hybridized carbons (Fsp3) is 0.235. The van der Waals surface area contributed by atoms with Gasteiger partial charge < -0.3 is 5.32 Å². The van der Waals surface area contributed by atoms with Crippen molar-refractivity contribution in [1.29, 1.82) is 0 Å². The summed E-state index contributed by atoms with van der Waals surface area (Å²) in [6.45, 7) is 1.77. The summed E-state index contributed by atoms with van der Waals surface area (Å²) in [4.78, 5) is 12.1. The van der Waals surface area contributed by atoms with Crippen LogP contribution < -0.4 is 5.32 Å². The van der Waals surface area contributed by atoms with E-state index in [9.17, 15) is 17.6 Å². The van der Waals surface area contributed by atoms with Gasteiger partial charge in [0.05, 0.1) is 5.02 Å². The first-order chi connectivity index (χ1) is 11.6. The maximum atomic E-state index is 13.5. The Morgan fingerprint density at radius 1 is 1.20 bits per heavy atom. The Hall–Kier alpha value is -1.96. The number of nitrogens with zero attached hydrogens (tertiary/aromatic N) is 1. The lowest BCUT2D eigenvalue weighted by Crippen LogP contribution is -2.25. The number of hydrogen-bond acceptors (Lipinski definition) is 3. The van der Waals surface area contributed by atoms with E-state index in [0.717, 1.165) is 4.31 Å². The molecule has 5 nitrogen and oxygen atoms in total. The molecular weight excluding hydrogens is 367 g/mol. The molecule has 0 bridgehead atoms. The molecule has 0 saturated heterocycles. The number of nitrogens with one attached hydrogen (secondary N) is 1. The molecule has 2 aromatic carbocycles. The molecule has 0 aliphatic rings. The van der Waals surface area contributed by atoms with Gasteiger partial charge in [0, 0.05) is 26.2 Å². The third-order valence-corrected chi connectivity index (χ3v) is 5.94. The topological polar surface area (TPSA) is 66.5 Å². The van der Waals surface area contributed by atoms with E-state index in [2.05, 4.69) is 5.32 Å². The second kappa shape index (κ2) is 7.51. The van der Waals surface area contributed by atoms with Gasteiger partial charge in [-0.1, -0.05) is 23.7 Å². The summed E-state index contributed by atoms with van der Waals surface area (Å²) in [5, 5.41) is 2.67. The van der Waals surface area contributed by atoms with Crippen LogP contribution in [0.25, 0.3) is 0 Å². The van der Waals surface area contributed by atoms with Crippen LogP contribution in [0.5, 0.6) is 0 Å². The molecule has 0 fully saturated rings. The minimum Gasteiger partial charge on any atom is -0.348 e. The van der Waals surface area contributed by atoms with Gasteiger partial charge in [-0.15, -0.1) is 0 Å². The zero-order chi connectivity index (χ0) is 18.8. The lowest BCUT2D eigenvalue weighted by atomic mass is 10.1. The van der Waals surface area contributed by atoms with Gasteiger partial charge in [0.1, 0.15) is 10.7 Å². The summed E-state index contributed by atoms with van der Waals surface area (Å²) in [6, 6.07) is 8.70. The molecular formula is C17H18ClFN2O3S. The van der Waals surface area contributed by atoms with Crippen LogP contribution in [0.2, 0.25) is 5.02 Å². The monoisotopic (exact) mass is 384 g/mol. The molecule has 0 saturated carbocycles. The molecule has 0 spiro atoms. The second-order valence-electron chi connectivity index (χ2n) is 5.70. The van der Waals surface area contributed by atoms with Crippen molar-refractivity contribution in [3.63, 3.8) is 0 Å². The first-order valence-corrected chi connectivity index (χ1v) is 9.20. The SMILES string of the molecule is Cc1ccc(CNC(=O)c2ccc(Cl)c(S(=O)(=O)N(C)C)c2)cc1F. The Balaban J connectivity index is 2.21. The highest BCUT2D eigenvalue weighted by Crippen LogP contribution is 2.24. The summed E-state index contributed by atoms with van der Waals surface area (Å²) in [7, 11) is -1.01. The highest BCUT2D eigenvalue weighted by Gasteiger charge is 2.22. The molecule has 0 unspecified atom stereocenters. The summed E-state index contributed by atoms with van der Waals surface area (Å²) >= 11 is 5.96. The number of carbonyl (C=O) groups is 1. The van der Waals surface area contributed by atoms with E-state index in [0.29, 0.717) is 11.1 Å². The maximum absolute atomic E-state index is 13.5. The van der Waals surface area contributed by atoms with Crippen LogP contribution in [0.4, 0.5) is 4.39 Å². The number of sulfonamides is 1. The number of halogens is 2. The molecule has 0 aromatic heterocycles. The van der Waals surface area contributed by atoms with E-state index in [-0.39, 0.29) is 27.8 Å². The van der Waals surface area contributed by atoms with Gasteiger partial charge in [-0.3, -0.25) is 4.79 Å². The van der Waals surface area contributed by atoms with Crippen molar-refractivity contribution in [2.24, 2.45) is 0 Å². The fourth-order valence-corrected chi connectivity index (χ4v) is 3.46. The van der Waals surface area contributed by atoms with Crippen LogP contribution in [0, 0.1) is 12.7 Å². The van der Waals surface area contributed by atoms with Crippen molar-refractivity contribution >= 4 is 27.5 Å². The Labute approximate surface area is 151 Å². The summed E-state index contributed by atoms with van der Waals surface area (Å²) < 4.78 is 39.0. The number of rotatable bonds is 5. The molecule has 0 radical (unpaired) electrons. The lowest BCUT2D eigenvalue weighted by Gasteiger charge is -2.14. The molecule has 0 atom stereocenters. The van der Waals surface area contributed by atoms with Crippen LogP contribution in [-0.4, -0.2) is 32.7 Å². The third kappa shape index (κ3) is 4.36.